The normalized spacial score (nSPS) is 13.8. The van der Waals surface area contributed by atoms with Gasteiger partial charge in [-0.3, -0.25) is 29.4 Å². The number of amides is 5. The average molecular weight is 361 g/mol. The number of hydrogen-bond acceptors (Lipinski definition) is 6. The second-order valence-corrected chi connectivity index (χ2v) is 5.73. The molecule has 0 fully saturated rings. The fourth-order valence-corrected chi connectivity index (χ4v) is 2.23. The van der Waals surface area contributed by atoms with Crippen LogP contribution >= 0.6 is 0 Å². The van der Waals surface area contributed by atoms with Gasteiger partial charge in [0.15, 0.2) is 6.61 Å². The number of fused-ring (bicyclic) bond motifs is 1. The SMILES string of the molecule is CC[C@@H](C)NC(=O)NC(=O)COC(=O)CN1C(=O)c2ccccc2C1=O. The quantitative estimate of drug-likeness (QED) is 0.560. The summed E-state index contributed by atoms with van der Waals surface area (Å²) < 4.78 is 4.72. The zero-order valence-electron chi connectivity index (χ0n) is 14.4. The first kappa shape index (κ1) is 19.1. The van der Waals surface area contributed by atoms with Gasteiger partial charge in [0.1, 0.15) is 6.54 Å². The predicted octanol–water partition coefficient (Wildman–Crippen LogP) is 0.450. The minimum absolute atomic E-state index is 0.112. The zero-order chi connectivity index (χ0) is 19.3. The molecular formula is C17H19N3O6. The Kier molecular flexibility index (Phi) is 6.05. The highest BCUT2D eigenvalue weighted by Gasteiger charge is 2.36. The first-order valence-electron chi connectivity index (χ1n) is 8.04. The van der Waals surface area contributed by atoms with Crippen LogP contribution in [0.15, 0.2) is 24.3 Å². The fourth-order valence-electron chi connectivity index (χ4n) is 2.23. The van der Waals surface area contributed by atoms with E-state index in [0.29, 0.717) is 6.42 Å². The molecule has 138 valence electrons. The molecule has 0 saturated heterocycles. The maximum atomic E-state index is 12.1. The largest absolute Gasteiger partial charge is 0.454 e. The van der Waals surface area contributed by atoms with Crippen molar-refractivity contribution < 1.29 is 28.7 Å². The lowest BCUT2D eigenvalue weighted by atomic mass is 10.1. The lowest BCUT2D eigenvalue weighted by Gasteiger charge is -2.13. The number of rotatable bonds is 6. The maximum absolute atomic E-state index is 12.1. The first-order chi connectivity index (χ1) is 12.3. The Hall–Kier alpha value is -3.23. The van der Waals surface area contributed by atoms with Gasteiger partial charge in [0.25, 0.3) is 17.7 Å². The van der Waals surface area contributed by atoms with Crippen molar-refractivity contribution in [3.05, 3.63) is 35.4 Å². The number of nitrogens with zero attached hydrogens (tertiary/aromatic N) is 1. The van der Waals surface area contributed by atoms with Crippen LogP contribution < -0.4 is 10.6 Å². The molecule has 1 aromatic carbocycles. The molecule has 9 nitrogen and oxygen atoms in total. The molecule has 2 N–H and O–H groups in total. The topological polar surface area (TPSA) is 122 Å². The number of carbonyl (C=O) groups excluding carboxylic acids is 5. The van der Waals surface area contributed by atoms with Gasteiger partial charge in [-0.1, -0.05) is 19.1 Å². The van der Waals surface area contributed by atoms with E-state index >= 15 is 0 Å². The lowest BCUT2D eigenvalue weighted by Crippen LogP contribution is -2.45. The van der Waals surface area contributed by atoms with Gasteiger partial charge in [0.2, 0.25) is 0 Å². The van der Waals surface area contributed by atoms with E-state index in [1.54, 1.807) is 19.1 Å². The van der Waals surface area contributed by atoms with Gasteiger partial charge in [-0.05, 0) is 25.5 Å². The summed E-state index contributed by atoms with van der Waals surface area (Å²) in [6, 6.07) is 5.40. The van der Waals surface area contributed by atoms with Gasteiger partial charge in [-0.15, -0.1) is 0 Å². The summed E-state index contributed by atoms with van der Waals surface area (Å²) in [4.78, 5) is 59.9. The van der Waals surface area contributed by atoms with Crippen LogP contribution in [-0.2, 0) is 14.3 Å². The van der Waals surface area contributed by atoms with E-state index in [2.05, 4.69) is 5.32 Å². The molecule has 1 heterocycles. The molecule has 26 heavy (non-hydrogen) atoms. The molecule has 0 spiro atoms. The number of imide groups is 2. The second kappa shape index (κ2) is 8.24. The lowest BCUT2D eigenvalue weighted by molar-refractivity contribution is -0.148. The fraction of sp³-hybridized carbons (Fsp3) is 0.353. The molecule has 1 atom stereocenters. The van der Waals surface area contributed by atoms with E-state index in [9.17, 15) is 24.0 Å². The van der Waals surface area contributed by atoms with Gasteiger partial charge in [0.05, 0.1) is 11.1 Å². The van der Waals surface area contributed by atoms with E-state index in [1.165, 1.54) is 12.1 Å². The molecule has 0 aromatic heterocycles. The molecular weight excluding hydrogens is 342 g/mol. The predicted molar refractivity (Wildman–Crippen MR) is 89.2 cm³/mol. The highest BCUT2D eigenvalue weighted by molar-refractivity contribution is 6.22. The van der Waals surface area contributed by atoms with Crippen LogP contribution in [0.4, 0.5) is 4.79 Å². The number of urea groups is 1. The summed E-state index contributed by atoms with van der Waals surface area (Å²) >= 11 is 0. The van der Waals surface area contributed by atoms with Crippen LogP contribution in [0.1, 0.15) is 41.0 Å². The average Bonchev–Trinajstić information content (AvgIpc) is 2.85. The molecule has 1 aliphatic heterocycles. The second-order valence-electron chi connectivity index (χ2n) is 5.73. The molecule has 9 heteroatoms. The minimum Gasteiger partial charge on any atom is -0.454 e. The number of esters is 1. The molecule has 0 radical (unpaired) electrons. The van der Waals surface area contributed by atoms with Crippen LogP contribution in [-0.4, -0.2) is 53.8 Å². The monoisotopic (exact) mass is 361 g/mol. The highest BCUT2D eigenvalue weighted by Crippen LogP contribution is 2.21. The molecule has 2 rings (SSSR count). The minimum atomic E-state index is -0.933. The first-order valence-corrected chi connectivity index (χ1v) is 8.04. The van der Waals surface area contributed by atoms with E-state index < -0.39 is 42.9 Å². The van der Waals surface area contributed by atoms with E-state index in [1.807, 2.05) is 12.2 Å². The van der Waals surface area contributed by atoms with E-state index in [4.69, 9.17) is 4.74 Å². The Morgan fingerprint density at radius 3 is 2.23 bits per heavy atom. The van der Waals surface area contributed by atoms with Gasteiger partial charge in [-0.2, -0.15) is 0 Å². The van der Waals surface area contributed by atoms with Crippen molar-refractivity contribution in [2.75, 3.05) is 13.2 Å². The summed E-state index contributed by atoms with van der Waals surface area (Å²) in [6.45, 7) is 2.33. The van der Waals surface area contributed by atoms with Gasteiger partial charge >= 0.3 is 12.0 Å². The van der Waals surface area contributed by atoms with Crippen molar-refractivity contribution in [3.63, 3.8) is 0 Å². The third-order valence-electron chi connectivity index (χ3n) is 3.77. The van der Waals surface area contributed by atoms with Crippen LogP contribution in [0.25, 0.3) is 0 Å². The van der Waals surface area contributed by atoms with Crippen molar-refractivity contribution in [2.45, 2.75) is 26.3 Å². The number of nitrogens with one attached hydrogen (secondary N) is 2. The van der Waals surface area contributed by atoms with E-state index in [0.717, 1.165) is 4.90 Å². The summed E-state index contributed by atoms with van der Waals surface area (Å²) in [7, 11) is 0. The van der Waals surface area contributed by atoms with Crippen LogP contribution in [0.5, 0.6) is 0 Å². The number of benzene rings is 1. The summed E-state index contributed by atoms with van der Waals surface area (Å²) in [5.74, 6) is -2.95. The summed E-state index contributed by atoms with van der Waals surface area (Å²) in [5, 5.41) is 4.53. The molecule has 1 aromatic rings. The third-order valence-corrected chi connectivity index (χ3v) is 3.77. The Labute approximate surface area is 149 Å². The Morgan fingerprint density at radius 1 is 1.12 bits per heavy atom. The third kappa shape index (κ3) is 4.44. The van der Waals surface area contributed by atoms with Crippen molar-refractivity contribution in [1.82, 2.24) is 15.5 Å². The number of carbonyl (C=O) groups is 5. The molecule has 0 bridgehead atoms. The van der Waals surface area contributed by atoms with Crippen LogP contribution in [0.3, 0.4) is 0 Å². The maximum Gasteiger partial charge on any atom is 0.326 e. The Morgan fingerprint density at radius 2 is 1.69 bits per heavy atom. The Balaban J connectivity index is 1.81. The smallest absolute Gasteiger partial charge is 0.326 e. The summed E-state index contributed by atoms with van der Waals surface area (Å²) in [5.41, 5.74) is 0.425. The Bertz CT molecular complexity index is 726. The zero-order valence-corrected chi connectivity index (χ0v) is 14.4. The number of hydrogen-bond donors (Lipinski definition) is 2. The van der Waals surface area contributed by atoms with Crippen molar-refractivity contribution in [1.29, 1.82) is 0 Å². The number of ether oxygens (including phenoxy) is 1. The van der Waals surface area contributed by atoms with Crippen molar-refractivity contribution in [3.8, 4) is 0 Å². The molecule has 5 amide bonds. The van der Waals surface area contributed by atoms with Gasteiger partial charge in [-0.25, -0.2) is 4.79 Å². The molecule has 0 saturated carbocycles. The van der Waals surface area contributed by atoms with Crippen molar-refractivity contribution >= 4 is 29.7 Å². The highest BCUT2D eigenvalue weighted by atomic mass is 16.5. The molecule has 1 aliphatic rings. The van der Waals surface area contributed by atoms with Crippen LogP contribution in [0, 0.1) is 0 Å². The van der Waals surface area contributed by atoms with E-state index in [-0.39, 0.29) is 17.2 Å². The van der Waals surface area contributed by atoms with Gasteiger partial charge in [0, 0.05) is 6.04 Å². The van der Waals surface area contributed by atoms with Crippen molar-refractivity contribution in [2.24, 2.45) is 0 Å². The molecule has 0 unspecified atom stereocenters. The van der Waals surface area contributed by atoms with Gasteiger partial charge < -0.3 is 10.1 Å². The van der Waals surface area contributed by atoms with Crippen LogP contribution in [0.2, 0.25) is 0 Å². The molecule has 0 aliphatic carbocycles. The summed E-state index contributed by atoms with van der Waals surface area (Å²) in [6.07, 6.45) is 0.691. The standard InChI is InChI=1S/C17H19N3O6/c1-3-10(2)18-17(25)19-13(21)9-26-14(22)8-20-15(23)11-6-4-5-7-12(11)16(20)24/h4-7,10H,3,8-9H2,1-2H3,(H2,18,19,21,25)/t10-/m1/s1.